The van der Waals surface area contributed by atoms with Gasteiger partial charge in [0.15, 0.2) is 5.82 Å². The highest BCUT2D eigenvalue weighted by molar-refractivity contribution is 6.14. The Bertz CT molecular complexity index is 1400. The lowest BCUT2D eigenvalue weighted by Gasteiger charge is -2.27. The van der Waals surface area contributed by atoms with E-state index in [0.29, 0.717) is 25.3 Å². The van der Waals surface area contributed by atoms with E-state index in [-0.39, 0.29) is 5.91 Å². The summed E-state index contributed by atoms with van der Waals surface area (Å²) >= 11 is 0. The van der Waals surface area contributed by atoms with Gasteiger partial charge in [-0.15, -0.1) is 0 Å². The molecule has 174 valence electrons. The van der Waals surface area contributed by atoms with Gasteiger partial charge in [-0.25, -0.2) is 9.97 Å². The minimum atomic E-state index is -0.792. The van der Waals surface area contributed by atoms with Crippen molar-refractivity contribution >= 4 is 39.4 Å². The first-order valence-corrected chi connectivity index (χ1v) is 11.5. The largest absolute Gasteiger partial charge is 0.384 e. The normalized spacial score (nSPS) is 19.0. The number of amides is 1. The van der Waals surface area contributed by atoms with Gasteiger partial charge in [0.25, 0.3) is 0 Å². The number of nitrogens with two attached hydrogens (primary N) is 2. The van der Waals surface area contributed by atoms with Crippen molar-refractivity contribution in [2.45, 2.75) is 32.2 Å². The fraction of sp³-hybridized carbons (Fsp3) is 0.308. The third-order valence-electron chi connectivity index (χ3n) is 6.62. The summed E-state index contributed by atoms with van der Waals surface area (Å²) in [6.45, 7) is 1.31. The van der Waals surface area contributed by atoms with Crippen molar-refractivity contribution in [3.8, 4) is 0 Å². The Morgan fingerprint density at radius 1 is 1.18 bits per heavy atom. The molecule has 34 heavy (non-hydrogen) atoms. The summed E-state index contributed by atoms with van der Waals surface area (Å²) in [7, 11) is 1.68. The third-order valence-corrected chi connectivity index (χ3v) is 6.62. The molecule has 1 aromatic carbocycles. The van der Waals surface area contributed by atoms with E-state index in [2.05, 4.69) is 20.6 Å². The first kappa shape index (κ1) is 22.0. The van der Waals surface area contributed by atoms with Crippen LogP contribution < -0.4 is 11.5 Å². The molecule has 0 bridgehead atoms. The molecule has 1 amide bonds. The average Bonchev–Trinajstić information content (AvgIpc) is 3.45. The van der Waals surface area contributed by atoms with E-state index in [1.165, 1.54) is 0 Å². The maximum Gasteiger partial charge on any atom is 0.231 e. The van der Waals surface area contributed by atoms with E-state index >= 15 is 0 Å². The number of carbonyl (C=O) groups excluding carboxylic acids is 1. The molecule has 2 aliphatic rings. The van der Waals surface area contributed by atoms with Gasteiger partial charge < -0.3 is 20.8 Å². The van der Waals surface area contributed by atoms with Gasteiger partial charge >= 0.3 is 0 Å². The number of primary amides is 1. The number of benzene rings is 1. The molecule has 8 nitrogen and oxygen atoms in total. The molecule has 0 saturated carbocycles. The summed E-state index contributed by atoms with van der Waals surface area (Å²) in [6.07, 6.45) is 12.4. The molecule has 1 atom stereocenters. The molecule has 3 heterocycles. The Morgan fingerprint density at radius 3 is 2.85 bits per heavy atom. The van der Waals surface area contributed by atoms with Gasteiger partial charge in [-0.05, 0) is 43.1 Å². The Labute approximate surface area is 197 Å². The number of hydrogen-bond donors (Lipinski definition) is 2. The van der Waals surface area contributed by atoms with Crippen molar-refractivity contribution in [1.82, 2.24) is 14.5 Å². The molecule has 1 aliphatic carbocycles. The van der Waals surface area contributed by atoms with Gasteiger partial charge in [0, 0.05) is 31.7 Å². The van der Waals surface area contributed by atoms with E-state index in [9.17, 15) is 4.79 Å². The minimum Gasteiger partial charge on any atom is -0.384 e. The van der Waals surface area contributed by atoms with Gasteiger partial charge in [0.05, 0.1) is 28.8 Å². The number of rotatable bonds is 9. The van der Waals surface area contributed by atoms with E-state index in [0.717, 1.165) is 58.4 Å². The number of para-hydroxylation sites is 1. The number of nitrogens with zero attached hydrogens (tertiary/aromatic N) is 4. The van der Waals surface area contributed by atoms with Gasteiger partial charge in [0.2, 0.25) is 5.91 Å². The number of ether oxygens (including phenoxy) is 1. The highest BCUT2D eigenvalue weighted by Crippen LogP contribution is 2.35. The first-order valence-electron chi connectivity index (χ1n) is 11.5. The van der Waals surface area contributed by atoms with Crippen LogP contribution in [0.5, 0.6) is 0 Å². The SMILES string of the molecule is COCCc1nc2c(N)nc3ccccc3c2n1CCCCC1(C(N)=O)C=CC2=NC=CC2=C1. The molecule has 0 saturated heterocycles. The van der Waals surface area contributed by atoms with E-state index in [1.807, 2.05) is 42.5 Å². The smallest absolute Gasteiger partial charge is 0.231 e. The zero-order valence-electron chi connectivity index (χ0n) is 19.2. The number of methoxy groups -OCH3 is 1. The number of allylic oxidation sites excluding steroid dienone is 3. The van der Waals surface area contributed by atoms with Gasteiger partial charge in [-0.3, -0.25) is 9.79 Å². The van der Waals surface area contributed by atoms with Crippen molar-refractivity contribution in [3.05, 3.63) is 66.2 Å². The monoisotopic (exact) mass is 456 g/mol. The van der Waals surface area contributed by atoms with Gasteiger partial charge in [0.1, 0.15) is 11.3 Å². The molecule has 2 aromatic heterocycles. The lowest BCUT2D eigenvalue weighted by molar-refractivity contribution is -0.123. The highest BCUT2D eigenvalue weighted by atomic mass is 16.5. The molecule has 8 heteroatoms. The summed E-state index contributed by atoms with van der Waals surface area (Å²) in [5.74, 6) is 1.01. The topological polar surface area (TPSA) is 121 Å². The molecule has 0 radical (unpaired) electrons. The van der Waals surface area contributed by atoms with Crippen molar-refractivity contribution in [2.24, 2.45) is 16.1 Å². The Balaban J connectivity index is 1.42. The first-order chi connectivity index (χ1) is 16.5. The molecule has 0 fully saturated rings. The van der Waals surface area contributed by atoms with E-state index in [4.69, 9.17) is 21.2 Å². The second kappa shape index (κ2) is 8.87. The molecule has 1 aliphatic heterocycles. The predicted octanol–water partition coefficient (Wildman–Crippen LogP) is 3.46. The fourth-order valence-electron chi connectivity index (χ4n) is 4.82. The molecule has 0 spiro atoms. The van der Waals surface area contributed by atoms with Crippen LogP contribution in [-0.2, 0) is 22.5 Å². The molecule has 3 aromatic rings. The van der Waals surface area contributed by atoms with Crippen LogP contribution in [0, 0.1) is 5.41 Å². The summed E-state index contributed by atoms with van der Waals surface area (Å²) in [5, 5.41) is 1.02. The quantitative estimate of drug-likeness (QED) is 0.478. The number of fused-ring (bicyclic) bond motifs is 4. The van der Waals surface area contributed by atoms with Crippen LogP contribution in [-0.4, -0.2) is 39.9 Å². The molecular formula is C26H28N6O2. The molecular weight excluding hydrogens is 428 g/mol. The number of aliphatic imine (C=N–C) groups is 1. The van der Waals surface area contributed by atoms with Crippen LogP contribution in [0.2, 0.25) is 0 Å². The highest BCUT2D eigenvalue weighted by Gasteiger charge is 2.34. The van der Waals surface area contributed by atoms with Gasteiger partial charge in [-0.1, -0.05) is 30.4 Å². The Morgan fingerprint density at radius 2 is 2.03 bits per heavy atom. The predicted molar refractivity (Wildman–Crippen MR) is 134 cm³/mol. The number of aryl methyl sites for hydroxylation is 1. The number of aromatic nitrogens is 3. The second-order valence-corrected chi connectivity index (χ2v) is 8.76. The number of imidazole rings is 1. The molecule has 1 unspecified atom stereocenters. The second-order valence-electron chi connectivity index (χ2n) is 8.76. The number of anilines is 1. The average molecular weight is 457 g/mol. The van der Waals surface area contributed by atoms with Crippen molar-refractivity contribution in [1.29, 1.82) is 0 Å². The van der Waals surface area contributed by atoms with E-state index < -0.39 is 5.41 Å². The Hall–Kier alpha value is -3.78. The van der Waals surface area contributed by atoms with Gasteiger partial charge in [-0.2, -0.15) is 0 Å². The zero-order chi connectivity index (χ0) is 23.7. The zero-order valence-corrected chi connectivity index (χ0v) is 19.2. The van der Waals surface area contributed by atoms with Crippen LogP contribution >= 0.6 is 0 Å². The maximum absolute atomic E-state index is 12.4. The lowest BCUT2D eigenvalue weighted by Crippen LogP contribution is -2.36. The summed E-state index contributed by atoms with van der Waals surface area (Å²) in [6, 6.07) is 7.97. The van der Waals surface area contributed by atoms with Crippen LogP contribution in [0.15, 0.2) is 65.3 Å². The molecule has 5 rings (SSSR count). The summed E-state index contributed by atoms with van der Waals surface area (Å²) < 4.78 is 7.54. The Kier molecular flexibility index (Phi) is 5.75. The lowest BCUT2D eigenvalue weighted by atomic mass is 9.76. The van der Waals surface area contributed by atoms with Crippen molar-refractivity contribution < 1.29 is 9.53 Å². The fourth-order valence-corrected chi connectivity index (χ4v) is 4.82. The maximum atomic E-state index is 12.4. The van der Waals surface area contributed by atoms with Crippen LogP contribution in [0.4, 0.5) is 5.82 Å². The number of carbonyl (C=O) groups is 1. The standard InChI is InChI=1S/C26H28N6O2/c1-34-15-10-21-31-22-23(18-6-2-3-7-20(18)30-24(22)27)32(21)14-5-4-11-26(25(28)33)12-8-19-17(16-26)9-13-29-19/h2-3,6-9,12-13,16H,4-5,10-11,14-15H2,1H3,(H2,27,30)(H2,28,33). The number of unbranched alkanes of at least 4 members (excludes halogenated alkanes) is 1. The molecule has 4 N–H and O–H groups in total. The van der Waals surface area contributed by atoms with Crippen molar-refractivity contribution in [2.75, 3.05) is 19.5 Å². The number of pyridine rings is 1. The third kappa shape index (κ3) is 3.80. The van der Waals surface area contributed by atoms with Crippen molar-refractivity contribution in [3.63, 3.8) is 0 Å². The van der Waals surface area contributed by atoms with E-state index in [1.54, 1.807) is 13.3 Å². The van der Waals surface area contributed by atoms with Crippen LogP contribution in [0.25, 0.3) is 21.9 Å². The van der Waals surface area contributed by atoms with Crippen LogP contribution in [0.1, 0.15) is 25.1 Å². The summed E-state index contributed by atoms with van der Waals surface area (Å²) in [4.78, 5) is 26.1. The minimum absolute atomic E-state index is 0.339. The number of nitrogen functional groups attached to an aromatic ring is 1. The summed E-state index contributed by atoms with van der Waals surface area (Å²) in [5.41, 5.74) is 15.7. The number of hydrogen-bond acceptors (Lipinski definition) is 6. The van der Waals surface area contributed by atoms with Crippen LogP contribution in [0.3, 0.4) is 0 Å².